The molecule has 1 aromatic rings. The molecule has 0 atom stereocenters. The maximum atomic E-state index is 12.5. The van der Waals surface area contributed by atoms with Crippen molar-refractivity contribution in [3.8, 4) is 0 Å². The quantitative estimate of drug-likeness (QED) is 0.708. The van der Waals surface area contributed by atoms with Crippen molar-refractivity contribution < 1.29 is 14.4 Å². The van der Waals surface area contributed by atoms with E-state index < -0.39 is 0 Å². The number of hydrogen-bond donors (Lipinski definition) is 2. The third kappa shape index (κ3) is 6.61. The highest BCUT2D eigenvalue weighted by Crippen LogP contribution is 2.21. The first kappa shape index (κ1) is 23.9. The van der Waals surface area contributed by atoms with E-state index in [1.165, 1.54) is 31.1 Å². The van der Waals surface area contributed by atoms with E-state index in [9.17, 15) is 14.4 Å². The molecule has 1 aromatic carbocycles. The third-order valence-electron chi connectivity index (χ3n) is 6.36. The first-order valence-corrected chi connectivity index (χ1v) is 11.8. The van der Waals surface area contributed by atoms with Crippen LogP contribution >= 0.6 is 0 Å². The summed E-state index contributed by atoms with van der Waals surface area (Å²) in [4.78, 5) is 42.2. The highest BCUT2D eigenvalue weighted by molar-refractivity contribution is 5.94. The Morgan fingerprint density at radius 1 is 1.00 bits per heavy atom. The van der Waals surface area contributed by atoms with E-state index in [0.29, 0.717) is 24.8 Å². The van der Waals surface area contributed by atoms with Crippen molar-refractivity contribution >= 4 is 29.2 Å². The van der Waals surface area contributed by atoms with Gasteiger partial charge in [-0.25, -0.2) is 4.79 Å². The van der Waals surface area contributed by atoms with Gasteiger partial charge in [0, 0.05) is 56.6 Å². The Labute approximate surface area is 191 Å². The van der Waals surface area contributed by atoms with Gasteiger partial charge in [-0.15, -0.1) is 0 Å². The van der Waals surface area contributed by atoms with Crippen LogP contribution in [0.3, 0.4) is 0 Å². The van der Waals surface area contributed by atoms with E-state index in [4.69, 9.17) is 0 Å². The molecule has 3 rings (SSSR count). The predicted octanol–water partition coefficient (Wildman–Crippen LogP) is 3.05. The monoisotopic (exact) mass is 443 g/mol. The summed E-state index contributed by atoms with van der Waals surface area (Å²) < 4.78 is 0. The largest absolute Gasteiger partial charge is 0.368 e. The lowest BCUT2D eigenvalue weighted by atomic mass is 9.96. The molecule has 176 valence electrons. The zero-order valence-corrected chi connectivity index (χ0v) is 19.6. The SMILES string of the molecule is CC(=O)N(CC(=O)Nc1ccc(N2CCN(C(=O)NC3CCCCC3)CC2)cc1)C(C)C. The van der Waals surface area contributed by atoms with E-state index >= 15 is 0 Å². The molecule has 2 N–H and O–H groups in total. The number of benzene rings is 1. The number of carbonyl (C=O) groups is 3. The summed E-state index contributed by atoms with van der Waals surface area (Å²) in [6, 6.07) is 8.10. The van der Waals surface area contributed by atoms with E-state index in [1.807, 2.05) is 43.0 Å². The van der Waals surface area contributed by atoms with Crippen LogP contribution in [0.4, 0.5) is 16.2 Å². The molecule has 0 bridgehead atoms. The van der Waals surface area contributed by atoms with Gasteiger partial charge >= 0.3 is 6.03 Å². The molecule has 2 fully saturated rings. The minimum atomic E-state index is -0.209. The average molecular weight is 444 g/mol. The Morgan fingerprint density at radius 2 is 1.62 bits per heavy atom. The molecule has 1 heterocycles. The van der Waals surface area contributed by atoms with Crippen LogP contribution in [0, 0.1) is 0 Å². The molecule has 2 aliphatic rings. The van der Waals surface area contributed by atoms with E-state index in [-0.39, 0.29) is 30.4 Å². The van der Waals surface area contributed by atoms with Gasteiger partial charge < -0.3 is 25.3 Å². The molecule has 1 saturated heterocycles. The number of amides is 4. The van der Waals surface area contributed by atoms with Crippen molar-refractivity contribution in [1.82, 2.24) is 15.1 Å². The molecule has 8 heteroatoms. The second kappa shape index (κ2) is 11.2. The van der Waals surface area contributed by atoms with Crippen molar-refractivity contribution in [3.63, 3.8) is 0 Å². The fourth-order valence-electron chi connectivity index (χ4n) is 4.45. The van der Waals surface area contributed by atoms with Crippen molar-refractivity contribution in [2.24, 2.45) is 0 Å². The molecule has 1 saturated carbocycles. The number of nitrogens with one attached hydrogen (secondary N) is 2. The van der Waals surface area contributed by atoms with Gasteiger partial charge in [-0.3, -0.25) is 9.59 Å². The van der Waals surface area contributed by atoms with Crippen LogP contribution in [-0.2, 0) is 9.59 Å². The first-order chi connectivity index (χ1) is 15.3. The van der Waals surface area contributed by atoms with Crippen molar-refractivity contribution in [3.05, 3.63) is 24.3 Å². The van der Waals surface area contributed by atoms with E-state index in [2.05, 4.69) is 15.5 Å². The molecule has 1 aliphatic heterocycles. The Morgan fingerprint density at radius 3 is 2.19 bits per heavy atom. The van der Waals surface area contributed by atoms with Gasteiger partial charge in [-0.1, -0.05) is 19.3 Å². The molecule has 32 heavy (non-hydrogen) atoms. The zero-order chi connectivity index (χ0) is 23.1. The maximum absolute atomic E-state index is 12.5. The predicted molar refractivity (Wildman–Crippen MR) is 127 cm³/mol. The lowest BCUT2D eigenvalue weighted by Crippen LogP contribution is -2.53. The highest BCUT2D eigenvalue weighted by atomic mass is 16.2. The van der Waals surface area contributed by atoms with Gasteiger partial charge in [0.1, 0.15) is 6.54 Å². The number of rotatable bonds is 6. The molecule has 1 aliphatic carbocycles. The second-order valence-electron chi connectivity index (χ2n) is 9.09. The average Bonchev–Trinajstić information content (AvgIpc) is 2.78. The molecule has 0 radical (unpaired) electrons. The summed E-state index contributed by atoms with van der Waals surface area (Å²) in [7, 11) is 0. The minimum Gasteiger partial charge on any atom is -0.368 e. The number of piperazine rings is 1. The molecule has 4 amide bonds. The lowest BCUT2D eigenvalue weighted by molar-refractivity contribution is -0.134. The number of hydrogen-bond acceptors (Lipinski definition) is 4. The Bertz CT molecular complexity index is 781. The van der Waals surface area contributed by atoms with Crippen molar-refractivity contribution in [2.75, 3.05) is 42.9 Å². The number of carbonyl (C=O) groups excluding carboxylic acids is 3. The van der Waals surface area contributed by atoms with Gasteiger partial charge in [-0.05, 0) is 51.0 Å². The smallest absolute Gasteiger partial charge is 0.317 e. The lowest BCUT2D eigenvalue weighted by Gasteiger charge is -2.37. The molecule has 0 spiro atoms. The number of anilines is 2. The van der Waals surface area contributed by atoms with Crippen LogP contribution in [0.25, 0.3) is 0 Å². The molecular weight excluding hydrogens is 406 g/mol. The molecular formula is C24H37N5O3. The summed E-state index contributed by atoms with van der Waals surface area (Å²) in [5.74, 6) is -0.323. The number of urea groups is 1. The van der Waals surface area contributed by atoms with E-state index in [0.717, 1.165) is 31.6 Å². The van der Waals surface area contributed by atoms with Crippen LogP contribution in [-0.4, -0.2) is 72.5 Å². The normalized spacial score (nSPS) is 17.2. The zero-order valence-electron chi connectivity index (χ0n) is 19.6. The van der Waals surface area contributed by atoms with Crippen LogP contribution in [0.2, 0.25) is 0 Å². The summed E-state index contributed by atoms with van der Waals surface area (Å²) in [5, 5.41) is 6.06. The maximum Gasteiger partial charge on any atom is 0.317 e. The fraction of sp³-hybridized carbons (Fsp3) is 0.625. The van der Waals surface area contributed by atoms with Gasteiger partial charge in [0.2, 0.25) is 11.8 Å². The Balaban J connectivity index is 1.45. The second-order valence-corrected chi connectivity index (χ2v) is 9.09. The van der Waals surface area contributed by atoms with Crippen LogP contribution < -0.4 is 15.5 Å². The van der Waals surface area contributed by atoms with Gasteiger partial charge in [0.15, 0.2) is 0 Å². The topological polar surface area (TPSA) is 85.0 Å². The standard InChI is InChI=1S/C24H37N5O3/c1-18(2)29(19(3)30)17-23(31)25-21-9-11-22(12-10-21)27-13-15-28(16-14-27)24(32)26-20-7-5-4-6-8-20/h9-12,18,20H,4-8,13-17H2,1-3H3,(H,25,31)(H,26,32). The molecule has 8 nitrogen and oxygen atoms in total. The summed E-state index contributed by atoms with van der Waals surface area (Å²) in [5.41, 5.74) is 1.78. The molecule has 0 aromatic heterocycles. The minimum absolute atomic E-state index is 0.0240. The Hall–Kier alpha value is -2.77. The van der Waals surface area contributed by atoms with Gasteiger partial charge in [-0.2, -0.15) is 0 Å². The fourth-order valence-corrected chi connectivity index (χ4v) is 4.45. The van der Waals surface area contributed by atoms with Gasteiger partial charge in [0.05, 0.1) is 0 Å². The summed E-state index contributed by atoms with van der Waals surface area (Å²) in [6.07, 6.45) is 5.89. The first-order valence-electron chi connectivity index (χ1n) is 11.8. The van der Waals surface area contributed by atoms with Crippen LogP contribution in [0.5, 0.6) is 0 Å². The van der Waals surface area contributed by atoms with Crippen molar-refractivity contribution in [1.29, 1.82) is 0 Å². The Kier molecular flexibility index (Phi) is 8.36. The van der Waals surface area contributed by atoms with Crippen molar-refractivity contribution in [2.45, 2.75) is 65.0 Å². The number of nitrogens with zero attached hydrogens (tertiary/aromatic N) is 3. The third-order valence-corrected chi connectivity index (χ3v) is 6.36. The van der Waals surface area contributed by atoms with Gasteiger partial charge in [0.25, 0.3) is 0 Å². The van der Waals surface area contributed by atoms with Crippen LogP contribution in [0.1, 0.15) is 52.9 Å². The highest BCUT2D eigenvalue weighted by Gasteiger charge is 2.24. The van der Waals surface area contributed by atoms with Crippen LogP contribution in [0.15, 0.2) is 24.3 Å². The summed E-state index contributed by atoms with van der Waals surface area (Å²) >= 11 is 0. The van der Waals surface area contributed by atoms with E-state index in [1.54, 1.807) is 0 Å². The molecule has 0 unspecified atom stereocenters. The summed E-state index contributed by atoms with van der Waals surface area (Å²) in [6.45, 7) is 8.27.